The van der Waals surface area contributed by atoms with E-state index in [1.54, 1.807) is 0 Å². The Bertz CT molecular complexity index is 360. The SMILES string of the molecule is CC1(C)OB(CC2C3CC4CC(C3)CC2C4)OC1(C)C. The molecule has 4 aliphatic carbocycles. The summed E-state index contributed by atoms with van der Waals surface area (Å²) in [7, 11) is 0.0301. The van der Waals surface area contributed by atoms with Crippen LogP contribution in [0.4, 0.5) is 0 Å². The monoisotopic (exact) mass is 276 g/mol. The smallest absolute Gasteiger partial charge is 0.403 e. The van der Waals surface area contributed by atoms with Gasteiger partial charge in [-0.2, -0.15) is 0 Å². The Hall–Kier alpha value is -0.0151. The van der Waals surface area contributed by atoms with Gasteiger partial charge >= 0.3 is 7.12 Å². The average molecular weight is 276 g/mol. The highest BCUT2D eigenvalue weighted by Crippen LogP contribution is 2.58. The molecule has 112 valence electrons. The summed E-state index contributed by atoms with van der Waals surface area (Å²) in [5.41, 5.74) is -0.326. The maximum absolute atomic E-state index is 6.25. The van der Waals surface area contributed by atoms with Gasteiger partial charge in [0.25, 0.3) is 0 Å². The summed E-state index contributed by atoms with van der Waals surface area (Å²) in [6, 6.07) is 0. The van der Waals surface area contributed by atoms with Gasteiger partial charge in [0.1, 0.15) is 0 Å². The first kappa shape index (κ1) is 13.6. The third-order valence-corrected chi connectivity index (χ3v) is 7.19. The van der Waals surface area contributed by atoms with Crippen molar-refractivity contribution in [1.82, 2.24) is 0 Å². The van der Waals surface area contributed by atoms with Gasteiger partial charge in [-0.1, -0.05) is 0 Å². The van der Waals surface area contributed by atoms with Crippen LogP contribution in [0.2, 0.25) is 6.32 Å². The van der Waals surface area contributed by atoms with E-state index in [0.29, 0.717) is 0 Å². The van der Waals surface area contributed by atoms with Gasteiger partial charge in [-0.15, -0.1) is 0 Å². The largest absolute Gasteiger partial charge is 0.458 e. The minimum atomic E-state index is -0.163. The number of rotatable bonds is 2. The van der Waals surface area contributed by atoms with E-state index in [1.165, 1.54) is 32.1 Å². The van der Waals surface area contributed by atoms with E-state index >= 15 is 0 Å². The lowest BCUT2D eigenvalue weighted by Crippen LogP contribution is -2.46. The fraction of sp³-hybridized carbons (Fsp3) is 1.00. The molecule has 5 aliphatic rings. The molecular formula is C17H29BO2. The summed E-state index contributed by atoms with van der Waals surface area (Å²) in [5.74, 6) is 4.95. The molecule has 0 aromatic heterocycles. The number of hydrogen-bond donors (Lipinski definition) is 0. The average Bonchev–Trinajstić information content (AvgIpc) is 2.51. The molecule has 1 aliphatic heterocycles. The molecular weight excluding hydrogens is 247 g/mol. The Labute approximate surface area is 124 Å². The first-order valence-corrected chi connectivity index (χ1v) is 8.70. The molecule has 0 aromatic carbocycles. The van der Waals surface area contributed by atoms with Crippen molar-refractivity contribution in [3.63, 3.8) is 0 Å². The molecule has 0 atom stereocenters. The zero-order valence-corrected chi connectivity index (χ0v) is 13.5. The lowest BCUT2D eigenvalue weighted by atomic mass is 9.49. The molecule has 5 rings (SSSR count). The minimum absolute atomic E-state index is 0.0301. The van der Waals surface area contributed by atoms with Crippen LogP contribution in [0.3, 0.4) is 0 Å². The van der Waals surface area contributed by atoms with Crippen LogP contribution in [0.1, 0.15) is 59.8 Å². The zero-order valence-electron chi connectivity index (χ0n) is 13.5. The fourth-order valence-corrected chi connectivity index (χ4v) is 5.71. The van der Waals surface area contributed by atoms with Gasteiger partial charge in [0.05, 0.1) is 11.2 Å². The second-order valence-corrected chi connectivity index (χ2v) is 9.02. The van der Waals surface area contributed by atoms with E-state index in [0.717, 1.165) is 35.9 Å². The van der Waals surface area contributed by atoms with Crippen molar-refractivity contribution in [2.75, 3.05) is 0 Å². The van der Waals surface area contributed by atoms with Crippen LogP contribution < -0.4 is 0 Å². The summed E-state index contributed by atoms with van der Waals surface area (Å²) in [6.07, 6.45) is 8.67. The highest BCUT2D eigenvalue weighted by molar-refractivity contribution is 6.45. The van der Waals surface area contributed by atoms with Crippen LogP contribution in [0.25, 0.3) is 0 Å². The Morgan fingerprint density at radius 1 is 0.800 bits per heavy atom. The molecule has 3 heteroatoms. The maximum Gasteiger partial charge on any atom is 0.458 e. The van der Waals surface area contributed by atoms with E-state index in [4.69, 9.17) is 9.31 Å². The standard InChI is InChI=1S/C17H29BO2/c1-16(2)17(3,4)20-18(19-16)10-15-13-6-11-5-12(8-13)9-14(15)7-11/h11-15H,5-10H2,1-4H3. The molecule has 0 unspecified atom stereocenters. The maximum atomic E-state index is 6.25. The van der Waals surface area contributed by atoms with Crippen LogP contribution in [-0.4, -0.2) is 18.3 Å². The molecule has 0 aromatic rings. The summed E-state index contributed by atoms with van der Waals surface area (Å²) >= 11 is 0. The van der Waals surface area contributed by atoms with Gasteiger partial charge in [-0.05, 0) is 95.7 Å². The first-order valence-electron chi connectivity index (χ1n) is 8.70. The molecule has 4 saturated carbocycles. The minimum Gasteiger partial charge on any atom is -0.403 e. The van der Waals surface area contributed by atoms with Gasteiger partial charge in [0.15, 0.2) is 0 Å². The Kier molecular flexibility index (Phi) is 2.90. The second-order valence-electron chi connectivity index (χ2n) is 9.02. The quantitative estimate of drug-likeness (QED) is 0.705. The zero-order chi connectivity index (χ0) is 14.1. The molecule has 20 heavy (non-hydrogen) atoms. The molecule has 2 nitrogen and oxygen atoms in total. The summed E-state index contributed by atoms with van der Waals surface area (Å²) in [4.78, 5) is 0. The predicted octanol–water partition coefficient (Wildman–Crippen LogP) is 4.15. The van der Waals surface area contributed by atoms with Crippen molar-refractivity contribution >= 4 is 7.12 Å². The van der Waals surface area contributed by atoms with Crippen molar-refractivity contribution in [2.45, 2.75) is 77.3 Å². The van der Waals surface area contributed by atoms with E-state index in [1.807, 2.05) is 0 Å². The topological polar surface area (TPSA) is 18.5 Å². The second kappa shape index (κ2) is 4.26. The van der Waals surface area contributed by atoms with E-state index in [2.05, 4.69) is 27.7 Å². The van der Waals surface area contributed by atoms with Crippen molar-refractivity contribution in [3.05, 3.63) is 0 Å². The lowest BCUT2D eigenvalue weighted by molar-refractivity contribution is -0.0307. The Balaban J connectivity index is 1.46. The molecule has 0 N–H and O–H groups in total. The molecule has 5 fully saturated rings. The van der Waals surface area contributed by atoms with Crippen molar-refractivity contribution in [3.8, 4) is 0 Å². The van der Waals surface area contributed by atoms with Gasteiger partial charge in [-0.3, -0.25) is 0 Å². The van der Waals surface area contributed by atoms with E-state index in [9.17, 15) is 0 Å². The van der Waals surface area contributed by atoms with Crippen LogP contribution in [0.5, 0.6) is 0 Å². The first-order chi connectivity index (χ1) is 9.34. The van der Waals surface area contributed by atoms with Crippen LogP contribution >= 0.6 is 0 Å². The normalized spacial score (nSPS) is 48.0. The van der Waals surface area contributed by atoms with E-state index < -0.39 is 0 Å². The van der Waals surface area contributed by atoms with Gasteiger partial charge < -0.3 is 9.31 Å². The van der Waals surface area contributed by atoms with Crippen molar-refractivity contribution < 1.29 is 9.31 Å². The van der Waals surface area contributed by atoms with Gasteiger partial charge in [0, 0.05) is 0 Å². The molecule has 1 heterocycles. The van der Waals surface area contributed by atoms with Gasteiger partial charge in [-0.25, -0.2) is 0 Å². The Morgan fingerprint density at radius 3 is 1.70 bits per heavy atom. The molecule has 1 saturated heterocycles. The predicted molar refractivity (Wildman–Crippen MR) is 81.4 cm³/mol. The van der Waals surface area contributed by atoms with Crippen molar-refractivity contribution in [1.29, 1.82) is 0 Å². The summed E-state index contributed by atoms with van der Waals surface area (Å²) in [5, 5.41) is 0. The van der Waals surface area contributed by atoms with Crippen LogP contribution in [0.15, 0.2) is 0 Å². The summed E-state index contributed by atoms with van der Waals surface area (Å²) in [6.45, 7) is 8.68. The molecule has 0 amide bonds. The number of hydrogen-bond acceptors (Lipinski definition) is 2. The van der Waals surface area contributed by atoms with Crippen LogP contribution in [0, 0.1) is 29.6 Å². The Morgan fingerprint density at radius 2 is 1.25 bits per heavy atom. The summed E-state index contributed by atoms with van der Waals surface area (Å²) < 4.78 is 12.5. The highest BCUT2D eigenvalue weighted by atomic mass is 16.7. The molecule has 4 bridgehead atoms. The van der Waals surface area contributed by atoms with E-state index in [-0.39, 0.29) is 18.3 Å². The lowest BCUT2D eigenvalue weighted by Gasteiger charge is -2.54. The van der Waals surface area contributed by atoms with Gasteiger partial charge in [0.2, 0.25) is 0 Å². The van der Waals surface area contributed by atoms with Crippen LogP contribution in [-0.2, 0) is 9.31 Å². The highest BCUT2D eigenvalue weighted by Gasteiger charge is 2.54. The molecule has 0 radical (unpaired) electrons. The molecule has 0 spiro atoms. The van der Waals surface area contributed by atoms with Crippen molar-refractivity contribution in [2.24, 2.45) is 29.6 Å². The third kappa shape index (κ3) is 2.00. The third-order valence-electron chi connectivity index (χ3n) is 7.19. The fourth-order valence-electron chi connectivity index (χ4n) is 5.71.